The number of likely N-dealkylation sites (tertiary alicyclic amines) is 1. The second-order valence-electron chi connectivity index (χ2n) is 7.74. The fourth-order valence-electron chi connectivity index (χ4n) is 3.96. The lowest BCUT2D eigenvalue weighted by Crippen LogP contribution is -2.43. The number of amides is 2. The van der Waals surface area contributed by atoms with Crippen LogP contribution in [-0.2, 0) is 19.1 Å². The van der Waals surface area contributed by atoms with Crippen LogP contribution in [0.2, 0.25) is 0 Å². The topological polar surface area (TPSA) is 88.2 Å². The SMILES string of the molecule is CCCC(=O)N1CCCC(C(=O)Nc2ccc(N3CCOCC3)cc2C(=O)OC)C1. The monoisotopic (exact) mass is 417 g/mol. The van der Waals surface area contributed by atoms with Gasteiger partial charge in [0.15, 0.2) is 0 Å². The molecule has 0 aromatic heterocycles. The fraction of sp³-hybridized carbons (Fsp3) is 0.591. The number of morpholine rings is 1. The summed E-state index contributed by atoms with van der Waals surface area (Å²) in [6.07, 6.45) is 2.82. The number of hydrogen-bond donors (Lipinski definition) is 1. The minimum atomic E-state index is -0.496. The van der Waals surface area contributed by atoms with Gasteiger partial charge in [0.25, 0.3) is 0 Å². The van der Waals surface area contributed by atoms with Gasteiger partial charge in [-0.25, -0.2) is 4.79 Å². The van der Waals surface area contributed by atoms with Gasteiger partial charge in [0.1, 0.15) is 0 Å². The average Bonchev–Trinajstić information content (AvgIpc) is 2.79. The predicted molar refractivity (Wildman–Crippen MR) is 114 cm³/mol. The van der Waals surface area contributed by atoms with E-state index >= 15 is 0 Å². The summed E-state index contributed by atoms with van der Waals surface area (Å²) in [5.74, 6) is -0.860. The number of nitrogens with one attached hydrogen (secondary N) is 1. The van der Waals surface area contributed by atoms with Crippen LogP contribution in [0.1, 0.15) is 43.0 Å². The van der Waals surface area contributed by atoms with Crippen LogP contribution in [0.15, 0.2) is 18.2 Å². The first-order valence-corrected chi connectivity index (χ1v) is 10.7. The molecule has 2 aliphatic heterocycles. The zero-order valence-corrected chi connectivity index (χ0v) is 17.8. The van der Waals surface area contributed by atoms with E-state index in [1.165, 1.54) is 7.11 Å². The van der Waals surface area contributed by atoms with Crippen molar-refractivity contribution in [2.24, 2.45) is 5.92 Å². The lowest BCUT2D eigenvalue weighted by molar-refractivity contribution is -0.134. The highest BCUT2D eigenvalue weighted by Gasteiger charge is 2.29. The average molecular weight is 418 g/mol. The van der Waals surface area contributed by atoms with Crippen molar-refractivity contribution in [2.75, 3.05) is 56.7 Å². The number of methoxy groups -OCH3 is 1. The smallest absolute Gasteiger partial charge is 0.340 e. The number of carbonyl (C=O) groups is 3. The highest BCUT2D eigenvalue weighted by Crippen LogP contribution is 2.27. The van der Waals surface area contributed by atoms with Gasteiger partial charge in [-0.1, -0.05) is 6.92 Å². The van der Waals surface area contributed by atoms with Crippen LogP contribution in [0.5, 0.6) is 0 Å². The molecule has 0 saturated carbocycles. The number of piperidine rings is 1. The Kier molecular flexibility index (Phi) is 7.68. The van der Waals surface area contributed by atoms with Crippen molar-refractivity contribution in [1.82, 2.24) is 4.90 Å². The Bertz CT molecular complexity index is 776. The van der Waals surface area contributed by atoms with E-state index in [4.69, 9.17) is 9.47 Å². The number of rotatable bonds is 6. The molecule has 0 spiro atoms. The molecule has 1 unspecified atom stereocenters. The molecule has 2 aliphatic rings. The van der Waals surface area contributed by atoms with Crippen LogP contribution >= 0.6 is 0 Å². The number of benzene rings is 1. The Balaban J connectivity index is 1.73. The summed E-state index contributed by atoms with van der Waals surface area (Å²) in [7, 11) is 1.33. The van der Waals surface area contributed by atoms with E-state index in [1.807, 2.05) is 13.0 Å². The van der Waals surface area contributed by atoms with Crippen molar-refractivity contribution in [3.63, 3.8) is 0 Å². The van der Waals surface area contributed by atoms with Crippen LogP contribution in [-0.4, -0.2) is 69.2 Å². The third-order valence-corrected chi connectivity index (χ3v) is 5.65. The first kappa shape index (κ1) is 22.1. The van der Waals surface area contributed by atoms with Gasteiger partial charge in [0, 0.05) is 38.3 Å². The van der Waals surface area contributed by atoms with E-state index in [2.05, 4.69) is 10.2 Å². The summed E-state index contributed by atoms with van der Waals surface area (Å²) in [5.41, 5.74) is 1.65. The molecule has 1 atom stereocenters. The van der Waals surface area contributed by atoms with Crippen molar-refractivity contribution >= 4 is 29.2 Å². The van der Waals surface area contributed by atoms with Gasteiger partial charge in [-0.15, -0.1) is 0 Å². The van der Waals surface area contributed by atoms with Crippen LogP contribution in [0.3, 0.4) is 0 Å². The third kappa shape index (κ3) is 5.30. The summed E-state index contributed by atoms with van der Waals surface area (Å²) in [4.78, 5) is 41.4. The first-order valence-electron chi connectivity index (χ1n) is 10.7. The van der Waals surface area contributed by atoms with Crippen LogP contribution in [0, 0.1) is 5.92 Å². The molecule has 0 aliphatic carbocycles. The molecule has 0 radical (unpaired) electrons. The number of carbonyl (C=O) groups excluding carboxylic acids is 3. The second-order valence-corrected chi connectivity index (χ2v) is 7.74. The number of hydrogen-bond acceptors (Lipinski definition) is 6. The van der Waals surface area contributed by atoms with Gasteiger partial charge in [-0.2, -0.15) is 0 Å². The van der Waals surface area contributed by atoms with Crippen molar-refractivity contribution in [1.29, 1.82) is 0 Å². The van der Waals surface area contributed by atoms with Gasteiger partial charge in [0.05, 0.1) is 37.5 Å². The van der Waals surface area contributed by atoms with Crippen molar-refractivity contribution in [3.05, 3.63) is 23.8 Å². The summed E-state index contributed by atoms with van der Waals surface area (Å²) < 4.78 is 10.3. The van der Waals surface area contributed by atoms with Crippen LogP contribution in [0.25, 0.3) is 0 Å². The summed E-state index contributed by atoms with van der Waals surface area (Å²) >= 11 is 0. The Morgan fingerprint density at radius 1 is 1.20 bits per heavy atom. The number of anilines is 2. The molecule has 164 valence electrons. The number of nitrogens with zero attached hydrogens (tertiary/aromatic N) is 2. The van der Waals surface area contributed by atoms with Crippen LogP contribution < -0.4 is 10.2 Å². The largest absolute Gasteiger partial charge is 0.465 e. The van der Waals surface area contributed by atoms with Crippen molar-refractivity contribution in [2.45, 2.75) is 32.6 Å². The highest BCUT2D eigenvalue weighted by molar-refractivity contribution is 6.02. The lowest BCUT2D eigenvalue weighted by atomic mass is 9.96. The van der Waals surface area contributed by atoms with Crippen molar-refractivity contribution in [3.8, 4) is 0 Å². The zero-order chi connectivity index (χ0) is 21.5. The molecule has 1 N–H and O–H groups in total. The maximum absolute atomic E-state index is 12.9. The molecule has 2 heterocycles. The zero-order valence-electron chi connectivity index (χ0n) is 17.8. The second kappa shape index (κ2) is 10.4. The van der Waals surface area contributed by atoms with E-state index in [0.29, 0.717) is 44.0 Å². The normalized spacial score (nSPS) is 19.3. The van der Waals surface area contributed by atoms with Gasteiger partial charge >= 0.3 is 5.97 Å². The van der Waals surface area contributed by atoms with E-state index < -0.39 is 5.97 Å². The number of esters is 1. The summed E-state index contributed by atoms with van der Waals surface area (Å²) in [6, 6.07) is 5.40. The minimum absolute atomic E-state index is 0.0973. The summed E-state index contributed by atoms with van der Waals surface area (Å²) in [6.45, 7) is 5.86. The van der Waals surface area contributed by atoms with Gasteiger partial charge < -0.3 is 24.6 Å². The van der Waals surface area contributed by atoms with Gasteiger partial charge in [-0.05, 0) is 37.5 Å². The Morgan fingerprint density at radius 3 is 2.67 bits per heavy atom. The molecule has 2 fully saturated rings. The molecule has 1 aromatic carbocycles. The molecular weight excluding hydrogens is 386 g/mol. The molecule has 8 nitrogen and oxygen atoms in total. The third-order valence-electron chi connectivity index (χ3n) is 5.65. The van der Waals surface area contributed by atoms with Gasteiger partial charge in [0.2, 0.25) is 11.8 Å². The summed E-state index contributed by atoms with van der Waals surface area (Å²) in [5, 5.41) is 2.90. The standard InChI is InChI=1S/C22H31N3O5/c1-3-5-20(26)25-9-4-6-16(15-25)21(27)23-19-8-7-17(14-18(19)22(28)29-2)24-10-12-30-13-11-24/h7-8,14,16H,3-6,9-13,15H2,1-2H3,(H,23,27). The molecule has 3 rings (SSSR count). The molecule has 1 aromatic rings. The lowest BCUT2D eigenvalue weighted by Gasteiger charge is -2.32. The van der Waals surface area contributed by atoms with E-state index in [0.717, 1.165) is 38.0 Å². The Labute approximate surface area is 177 Å². The van der Waals surface area contributed by atoms with Gasteiger partial charge in [-0.3, -0.25) is 9.59 Å². The van der Waals surface area contributed by atoms with E-state index in [1.54, 1.807) is 17.0 Å². The number of ether oxygens (including phenoxy) is 2. The molecule has 0 bridgehead atoms. The molecule has 2 saturated heterocycles. The van der Waals surface area contributed by atoms with E-state index in [9.17, 15) is 14.4 Å². The quantitative estimate of drug-likeness (QED) is 0.715. The molecule has 30 heavy (non-hydrogen) atoms. The molecule has 8 heteroatoms. The van der Waals surface area contributed by atoms with E-state index in [-0.39, 0.29) is 17.7 Å². The van der Waals surface area contributed by atoms with Crippen molar-refractivity contribution < 1.29 is 23.9 Å². The maximum atomic E-state index is 12.9. The molecule has 2 amide bonds. The fourth-order valence-corrected chi connectivity index (χ4v) is 3.96. The Hall–Kier alpha value is -2.61. The molecular formula is C22H31N3O5. The van der Waals surface area contributed by atoms with Crippen LogP contribution in [0.4, 0.5) is 11.4 Å². The Morgan fingerprint density at radius 2 is 1.97 bits per heavy atom. The minimum Gasteiger partial charge on any atom is -0.465 e. The highest BCUT2D eigenvalue weighted by atomic mass is 16.5. The predicted octanol–water partition coefficient (Wildman–Crippen LogP) is 2.29. The maximum Gasteiger partial charge on any atom is 0.340 e. The first-order chi connectivity index (χ1) is 14.5.